The van der Waals surface area contributed by atoms with E-state index in [2.05, 4.69) is 65.5 Å². The van der Waals surface area contributed by atoms with Crippen LogP contribution in [0.4, 0.5) is 0 Å². The zero-order valence-electron chi connectivity index (χ0n) is 10.4. The van der Waals surface area contributed by atoms with Crippen LogP contribution in [0.2, 0.25) is 0 Å². The second kappa shape index (κ2) is 4.67. The molecule has 0 fully saturated rings. The minimum absolute atomic E-state index is 0.586. The molecule has 3 heteroatoms. The molecule has 2 rings (SSSR count). The maximum atomic E-state index is 5.75. The molecule has 0 aliphatic rings. The number of halogens is 1. The average molecular weight is 293 g/mol. The van der Waals surface area contributed by atoms with Crippen molar-refractivity contribution in [3.63, 3.8) is 0 Å². The number of benzene rings is 1. The summed E-state index contributed by atoms with van der Waals surface area (Å²) in [6, 6.07) is 8.55. The van der Waals surface area contributed by atoms with E-state index in [0.717, 1.165) is 4.47 Å². The Bertz CT molecular complexity index is 556. The molecule has 0 radical (unpaired) electrons. The second-order valence-electron chi connectivity index (χ2n) is 4.39. The summed E-state index contributed by atoms with van der Waals surface area (Å²) in [4.78, 5) is 0. The van der Waals surface area contributed by atoms with Gasteiger partial charge in [-0.15, -0.1) is 0 Å². The first-order valence-corrected chi connectivity index (χ1v) is 6.48. The Balaban J connectivity index is 2.64. The molecule has 0 aliphatic carbocycles. The van der Waals surface area contributed by atoms with Crippen molar-refractivity contribution < 1.29 is 0 Å². The Morgan fingerprint density at radius 1 is 1.18 bits per heavy atom. The number of rotatable bonds is 2. The first kappa shape index (κ1) is 12.4. The molecular formula is C14H17BrN2. The van der Waals surface area contributed by atoms with E-state index in [1.807, 2.05) is 0 Å². The molecule has 1 aromatic carbocycles. The largest absolute Gasteiger partial charge is 0.326 e. The first-order valence-electron chi connectivity index (χ1n) is 5.69. The minimum Gasteiger partial charge on any atom is -0.326 e. The first-order chi connectivity index (χ1) is 8.04. The van der Waals surface area contributed by atoms with E-state index < -0.39 is 0 Å². The zero-order valence-corrected chi connectivity index (χ0v) is 12.0. The van der Waals surface area contributed by atoms with Crippen molar-refractivity contribution in [1.29, 1.82) is 0 Å². The van der Waals surface area contributed by atoms with Gasteiger partial charge in [0.25, 0.3) is 0 Å². The van der Waals surface area contributed by atoms with Crippen LogP contribution in [0, 0.1) is 20.8 Å². The van der Waals surface area contributed by atoms with Crippen LogP contribution < -0.4 is 5.73 Å². The normalized spacial score (nSPS) is 10.9. The Kier molecular flexibility index (Phi) is 3.40. The highest BCUT2D eigenvalue weighted by Gasteiger charge is 2.11. The highest BCUT2D eigenvalue weighted by atomic mass is 79.9. The highest BCUT2D eigenvalue weighted by Crippen LogP contribution is 2.27. The summed E-state index contributed by atoms with van der Waals surface area (Å²) >= 11 is 3.63. The van der Waals surface area contributed by atoms with Crippen LogP contribution in [0.5, 0.6) is 0 Å². The topological polar surface area (TPSA) is 30.9 Å². The van der Waals surface area contributed by atoms with Crippen LogP contribution in [0.15, 0.2) is 28.7 Å². The van der Waals surface area contributed by atoms with Crippen molar-refractivity contribution in [2.24, 2.45) is 5.73 Å². The molecule has 1 heterocycles. The maximum absolute atomic E-state index is 5.75. The SMILES string of the molecule is Cc1ccc(-n2c(C)cc(CN)c2C)c(Br)c1. The lowest BCUT2D eigenvalue weighted by atomic mass is 10.2. The van der Waals surface area contributed by atoms with E-state index in [0.29, 0.717) is 6.54 Å². The van der Waals surface area contributed by atoms with Gasteiger partial charge < -0.3 is 10.3 Å². The Labute approximate surface area is 111 Å². The van der Waals surface area contributed by atoms with Crippen LogP contribution in [0.1, 0.15) is 22.5 Å². The molecule has 17 heavy (non-hydrogen) atoms. The summed E-state index contributed by atoms with van der Waals surface area (Å²) < 4.78 is 3.36. The molecule has 2 nitrogen and oxygen atoms in total. The quantitative estimate of drug-likeness (QED) is 0.900. The molecule has 90 valence electrons. The number of aryl methyl sites for hydroxylation is 2. The van der Waals surface area contributed by atoms with Gasteiger partial charge in [-0.05, 0) is 66.0 Å². The number of nitrogens with two attached hydrogens (primary N) is 1. The van der Waals surface area contributed by atoms with Crippen LogP contribution in [-0.4, -0.2) is 4.57 Å². The van der Waals surface area contributed by atoms with Gasteiger partial charge in [0.05, 0.1) is 5.69 Å². The fraction of sp³-hybridized carbons (Fsp3) is 0.286. The van der Waals surface area contributed by atoms with Gasteiger partial charge in [0.2, 0.25) is 0 Å². The van der Waals surface area contributed by atoms with Gasteiger partial charge in [-0.2, -0.15) is 0 Å². The third-order valence-electron chi connectivity index (χ3n) is 3.10. The molecule has 0 bridgehead atoms. The molecule has 2 N–H and O–H groups in total. The lowest BCUT2D eigenvalue weighted by Gasteiger charge is -2.12. The standard InChI is InChI=1S/C14H17BrN2/c1-9-4-5-14(13(15)6-9)17-10(2)7-12(8-16)11(17)3/h4-7H,8,16H2,1-3H3. The molecule has 0 atom stereocenters. The monoisotopic (exact) mass is 292 g/mol. The van der Waals surface area contributed by atoms with Gasteiger partial charge in [-0.1, -0.05) is 6.07 Å². The van der Waals surface area contributed by atoms with Crippen LogP contribution in [0.25, 0.3) is 5.69 Å². The van der Waals surface area contributed by atoms with E-state index in [-0.39, 0.29) is 0 Å². The van der Waals surface area contributed by atoms with Gasteiger partial charge in [0.1, 0.15) is 0 Å². The lowest BCUT2D eigenvalue weighted by molar-refractivity contribution is 0.938. The van der Waals surface area contributed by atoms with Gasteiger partial charge in [-0.25, -0.2) is 0 Å². The number of hydrogen-bond donors (Lipinski definition) is 1. The Morgan fingerprint density at radius 3 is 2.41 bits per heavy atom. The minimum atomic E-state index is 0.586. The number of aromatic nitrogens is 1. The van der Waals surface area contributed by atoms with Crippen molar-refractivity contribution in [1.82, 2.24) is 4.57 Å². The molecule has 0 aliphatic heterocycles. The molecule has 0 spiro atoms. The zero-order chi connectivity index (χ0) is 12.6. The van der Waals surface area contributed by atoms with Crippen LogP contribution in [0.3, 0.4) is 0 Å². The summed E-state index contributed by atoms with van der Waals surface area (Å²) in [6.45, 7) is 6.90. The number of hydrogen-bond acceptors (Lipinski definition) is 1. The van der Waals surface area contributed by atoms with Crippen molar-refractivity contribution in [3.8, 4) is 5.69 Å². The van der Waals surface area contributed by atoms with Gasteiger partial charge >= 0.3 is 0 Å². The van der Waals surface area contributed by atoms with Crippen molar-refractivity contribution in [2.45, 2.75) is 27.3 Å². The third-order valence-corrected chi connectivity index (χ3v) is 3.74. The van der Waals surface area contributed by atoms with E-state index in [1.54, 1.807) is 0 Å². The van der Waals surface area contributed by atoms with Gasteiger partial charge in [0.15, 0.2) is 0 Å². The third kappa shape index (κ3) is 2.17. The van der Waals surface area contributed by atoms with E-state index in [9.17, 15) is 0 Å². The molecule has 2 aromatic rings. The highest BCUT2D eigenvalue weighted by molar-refractivity contribution is 9.10. The van der Waals surface area contributed by atoms with Gasteiger partial charge in [-0.3, -0.25) is 0 Å². The fourth-order valence-electron chi connectivity index (χ4n) is 2.20. The Morgan fingerprint density at radius 2 is 1.88 bits per heavy atom. The van der Waals surface area contributed by atoms with E-state index in [1.165, 1.54) is 28.2 Å². The van der Waals surface area contributed by atoms with E-state index in [4.69, 9.17) is 5.73 Å². The predicted octanol–water partition coefficient (Wildman–Crippen LogP) is 3.62. The van der Waals surface area contributed by atoms with E-state index >= 15 is 0 Å². The van der Waals surface area contributed by atoms with Crippen LogP contribution >= 0.6 is 15.9 Å². The summed E-state index contributed by atoms with van der Waals surface area (Å²) in [5.74, 6) is 0. The molecular weight excluding hydrogens is 276 g/mol. The molecule has 0 saturated carbocycles. The molecule has 0 unspecified atom stereocenters. The van der Waals surface area contributed by atoms with Gasteiger partial charge in [0, 0.05) is 22.4 Å². The van der Waals surface area contributed by atoms with Crippen LogP contribution in [-0.2, 0) is 6.54 Å². The second-order valence-corrected chi connectivity index (χ2v) is 5.25. The summed E-state index contributed by atoms with van der Waals surface area (Å²) in [7, 11) is 0. The summed E-state index contributed by atoms with van der Waals surface area (Å²) in [5.41, 5.74) is 11.8. The summed E-state index contributed by atoms with van der Waals surface area (Å²) in [6.07, 6.45) is 0. The lowest BCUT2D eigenvalue weighted by Crippen LogP contribution is -2.02. The average Bonchev–Trinajstić information content (AvgIpc) is 2.55. The maximum Gasteiger partial charge on any atom is 0.0597 e. The smallest absolute Gasteiger partial charge is 0.0597 e. The molecule has 0 amide bonds. The van der Waals surface area contributed by atoms with Crippen molar-refractivity contribution >= 4 is 15.9 Å². The predicted molar refractivity (Wildman–Crippen MR) is 75.6 cm³/mol. The fourth-order valence-corrected chi connectivity index (χ4v) is 2.87. The molecule has 0 saturated heterocycles. The number of nitrogens with zero attached hydrogens (tertiary/aromatic N) is 1. The molecule has 1 aromatic heterocycles. The Hall–Kier alpha value is -1.06. The van der Waals surface area contributed by atoms with Crippen molar-refractivity contribution in [2.75, 3.05) is 0 Å². The summed E-state index contributed by atoms with van der Waals surface area (Å²) in [5, 5.41) is 0. The van der Waals surface area contributed by atoms with Crippen molar-refractivity contribution in [3.05, 3.63) is 51.3 Å².